The van der Waals surface area contributed by atoms with E-state index in [0.29, 0.717) is 5.92 Å². The van der Waals surface area contributed by atoms with Gasteiger partial charge in [-0.3, -0.25) is 0 Å². The van der Waals surface area contributed by atoms with Crippen molar-refractivity contribution in [3.63, 3.8) is 0 Å². The van der Waals surface area contributed by atoms with Gasteiger partial charge in [0.1, 0.15) is 5.76 Å². The fourth-order valence-electron chi connectivity index (χ4n) is 1.85. The van der Waals surface area contributed by atoms with E-state index in [-0.39, 0.29) is 0 Å². The van der Waals surface area contributed by atoms with E-state index in [1.54, 1.807) is 6.20 Å². The molecule has 0 unspecified atom stereocenters. The molecule has 0 radical (unpaired) electrons. The molecule has 0 saturated carbocycles. The number of hydrogen-bond acceptors (Lipinski definition) is 4. The summed E-state index contributed by atoms with van der Waals surface area (Å²) in [6.45, 7) is 4.76. The normalized spacial score (nSPS) is 18.9. The molecular formula is C10H17N3O. The number of aromatic nitrogens is 1. The van der Waals surface area contributed by atoms with Gasteiger partial charge in [-0.1, -0.05) is 0 Å². The lowest BCUT2D eigenvalue weighted by molar-refractivity contribution is 0.392. The second-order valence-electron chi connectivity index (χ2n) is 3.92. The van der Waals surface area contributed by atoms with E-state index in [0.717, 1.165) is 44.3 Å². The summed E-state index contributed by atoms with van der Waals surface area (Å²) in [5, 5.41) is 0. The molecule has 14 heavy (non-hydrogen) atoms. The molecule has 1 saturated heterocycles. The third-order valence-electron chi connectivity index (χ3n) is 2.83. The van der Waals surface area contributed by atoms with Gasteiger partial charge < -0.3 is 15.1 Å². The van der Waals surface area contributed by atoms with Crippen LogP contribution in [0.4, 0.5) is 6.01 Å². The van der Waals surface area contributed by atoms with E-state index < -0.39 is 0 Å². The van der Waals surface area contributed by atoms with Gasteiger partial charge in [0.25, 0.3) is 6.01 Å². The summed E-state index contributed by atoms with van der Waals surface area (Å²) in [4.78, 5) is 6.41. The maximum absolute atomic E-state index is 5.63. The number of piperidine rings is 1. The second kappa shape index (κ2) is 4.00. The predicted octanol–water partition coefficient (Wildman–Crippen LogP) is 1.16. The van der Waals surface area contributed by atoms with Crippen LogP contribution in [0.15, 0.2) is 10.6 Å². The van der Waals surface area contributed by atoms with Gasteiger partial charge in [-0.05, 0) is 32.2 Å². The number of aryl methyl sites for hydroxylation is 1. The van der Waals surface area contributed by atoms with Crippen LogP contribution in [0.5, 0.6) is 0 Å². The molecule has 2 rings (SSSR count). The fourth-order valence-corrected chi connectivity index (χ4v) is 1.85. The molecule has 0 atom stereocenters. The molecule has 0 aliphatic carbocycles. The van der Waals surface area contributed by atoms with Gasteiger partial charge >= 0.3 is 0 Å². The number of nitrogens with two attached hydrogens (primary N) is 1. The van der Waals surface area contributed by atoms with Crippen LogP contribution in [0.3, 0.4) is 0 Å². The van der Waals surface area contributed by atoms with Gasteiger partial charge in [-0.25, -0.2) is 4.98 Å². The molecular weight excluding hydrogens is 178 g/mol. The first-order valence-corrected chi connectivity index (χ1v) is 5.17. The number of anilines is 1. The summed E-state index contributed by atoms with van der Waals surface area (Å²) in [5.74, 6) is 1.56. The van der Waals surface area contributed by atoms with E-state index in [1.165, 1.54) is 0 Å². The lowest BCUT2D eigenvalue weighted by Crippen LogP contribution is -2.36. The van der Waals surface area contributed by atoms with Gasteiger partial charge in [0.2, 0.25) is 0 Å². The summed E-state index contributed by atoms with van der Waals surface area (Å²) >= 11 is 0. The molecule has 1 aromatic heterocycles. The Balaban J connectivity index is 1.95. The van der Waals surface area contributed by atoms with Gasteiger partial charge in [0, 0.05) is 13.1 Å². The van der Waals surface area contributed by atoms with E-state index in [1.807, 2.05) is 6.92 Å². The summed E-state index contributed by atoms with van der Waals surface area (Å²) < 4.78 is 5.48. The molecule has 1 aliphatic rings. The average molecular weight is 195 g/mol. The van der Waals surface area contributed by atoms with Gasteiger partial charge in [0.05, 0.1) is 6.20 Å². The highest BCUT2D eigenvalue weighted by Gasteiger charge is 2.20. The van der Waals surface area contributed by atoms with Crippen LogP contribution in [-0.4, -0.2) is 24.6 Å². The van der Waals surface area contributed by atoms with E-state index in [4.69, 9.17) is 10.2 Å². The summed E-state index contributed by atoms with van der Waals surface area (Å²) in [6, 6.07) is 0.762. The monoisotopic (exact) mass is 195 g/mol. The van der Waals surface area contributed by atoms with Crippen molar-refractivity contribution >= 4 is 6.01 Å². The highest BCUT2D eigenvalue weighted by atomic mass is 16.4. The molecule has 1 aliphatic heterocycles. The highest BCUT2D eigenvalue weighted by Crippen LogP contribution is 2.21. The Morgan fingerprint density at radius 2 is 2.29 bits per heavy atom. The molecule has 4 heteroatoms. The van der Waals surface area contributed by atoms with E-state index in [2.05, 4.69) is 9.88 Å². The topological polar surface area (TPSA) is 55.3 Å². The number of oxazole rings is 1. The summed E-state index contributed by atoms with van der Waals surface area (Å²) in [7, 11) is 0. The average Bonchev–Trinajstić information content (AvgIpc) is 2.65. The van der Waals surface area contributed by atoms with Gasteiger partial charge in [0.15, 0.2) is 0 Å². The van der Waals surface area contributed by atoms with Crippen LogP contribution in [0.1, 0.15) is 18.6 Å². The maximum Gasteiger partial charge on any atom is 0.297 e. The van der Waals surface area contributed by atoms with Crippen LogP contribution in [0.2, 0.25) is 0 Å². The first-order valence-electron chi connectivity index (χ1n) is 5.17. The van der Waals surface area contributed by atoms with Crippen LogP contribution < -0.4 is 10.6 Å². The molecule has 2 heterocycles. The predicted molar refractivity (Wildman–Crippen MR) is 55.2 cm³/mol. The number of rotatable bonds is 2. The summed E-state index contributed by atoms with van der Waals surface area (Å²) in [6.07, 6.45) is 4.07. The minimum absolute atomic E-state index is 0.683. The molecule has 0 spiro atoms. The van der Waals surface area contributed by atoms with E-state index >= 15 is 0 Å². The lowest BCUT2D eigenvalue weighted by Gasteiger charge is -2.29. The van der Waals surface area contributed by atoms with Crippen LogP contribution in [-0.2, 0) is 0 Å². The zero-order valence-corrected chi connectivity index (χ0v) is 8.57. The lowest BCUT2D eigenvalue weighted by atomic mass is 9.97. The largest absolute Gasteiger partial charge is 0.429 e. The summed E-state index contributed by atoms with van der Waals surface area (Å²) in [5.41, 5.74) is 5.63. The molecule has 0 bridgehead atoms. The van der Waals surface area contributed by atoms with Crippen molar-refractivity contribution in [3.05, 3.63) is 12.0 Å². The fraction of sp³-hybridized carbons (Fsp3) is 0.700. The van der Waals surface area contributed by atoms with Crippen molar-refractivity contribution in [2.75, 3.05) is 24.5 Å². The van der Waals surface area contributed by atoms with Crippen molar-refractivity contribution in [3.8, 4) is 0 Å². The quantitative estimate of drug-likeness (QED) is 0.769. The number of hydrogen-bond donors (Lipinski definition) is 1. The zero-order valence-electron chi connectivity index (χ0n) is 8.57. The van der Waals surface area contributed by atoms with Gasteiger partial charge in [-0.15, -0.1) is 0 Å². The van der Waals surface area contributed by atoms with Crippen LogP contribution in [0.25, 0.3) is 0 Å². The molecule has 2 N–H and O–H groups in total. The van der Waals surface area contributed by atoms with E-state index in [9.17, 15) is 0 Å². The van der Waals surface area contributed by atoms with Crippen molar-refractivity contribution < 1.29 is 4.42 Å². The first kappa shape index (κ1) is 9.52. The second-order valence-corrected chi connectivity index (χ2v) is 3.92. The third-order valence-corrected chi connectivity index (χ3v) is 2.83. The molecule has 1 fully saturated rings. The van der Waals surface area contributed by atoms with Crippen LogP contribution in [0, 0.1) is 12.8 Å². The maximum atomic E-state index is 5.63. The zero-order chi connectivity index (χ0) is 9.97. The van der Waals surface area contributed by atoms with Crippen molar-refractivity contribution in [2.24, 2.45) is 11.7 Å². The highest BCUT2D eigenvalue weighted by molar-refractivity contribution is 5.26. The Bertz CT molecular complexity index is 289. The molecule has 4 nitrogen and oxygen atoms in total. The standard InChI is InChI=1S/C10H17N3O/c1-8-7-12-10(14-8)13-4-2-9(6-11)3-5-13/h7,9H,2-6,11H2,1H3. The Morgan fingerprint density at radius 3 is 2.79 bits per heavy atom. The Hall–Kier alpha value is -1.03. The number of nitrogens with zero attached hydrogens (tertiary/aromatic N) is 2. The van der Waals surface area contributed by atoms with Crippen LogP contribution >= 0.6 is 0 Å². The van der Waals surface area contributed by atoms with Crippen molar-refractivity contribution in [2.45, 2.75) is 19.8 Å². The molecule has 78 valence electrons. The molecule has 0 amide bonds. The molecule has 0 aromatic carbocycles. The Kier molecular flexibility index (Phi) is 2.72. The smallest absolute Gasteiger partial charge is 0.297 e. The minimum Gasteiger partial charge on any atom is -0.429 e. The third kappa shape index (κ3) is 1.90. The molecule has 1 aromatic rings. The minimum atomic E-state index is 0.683. The van der Waals surface area contributed by atoms with Crippen molar-refractivity contribution in [1.29, 1.82) is 0 Å². The SMILES string of the molecule is Cc1cnc(N2CCC(CN)CC2)o1. The Labute approximate surface area is 84.1 Å². The first-order chi connectivity index (χ1) is 6.79. The van der Waals surface area contributed by atoms with Crippen molar-refractivity contribution in [1.82, 2.24) is 4.98 Å². The van der Waals surface area contributed by atoms with Gasteiger partial charge in [-0.2, -0.15) is 0 Å². The Morgan fingerprint density at radius 1 is 1.57 bits per heavy atom.